The first-order valence-electron chi connectivity index (χ1n) is 12.8. The highest BCUT2D eigenvalue weighted by molar-refractivity contribution is 5.68. The predicted octanol–water partition coefficient (Wildman–Crippen LogP) is 4.65. The lowest BCUT2D eigenvalue weighted by Crippen LogP contribution is -2.35. The number of amides is 1. The Bertz CT molecular complexity index is 1010. The second-order valence-corrected chi connectivity index (χ2v) is 9.95. The molecule has 1 aromatic heterocycles. The van der Waals surface area contributed by atoms with Crippen LogP contribution in [-0.2, 0) is 20.9 Å². The number of carbonyl (C=O) groups excluding carboxylic acids is 2. The van der Waals surface area contributed by atoms with Crippen LogP contribution in [0, 0.1) is 0 Å². The number of carbonyl (C=O) groups is 2. The highest BCUT2D eigenvalue weighted by atomic mass is 16.6. The van der Waals surface area contributed by atoms with E-state index in [1.54, 1.807) is 4.90 Å². The van der Waals surface area contributed by atoms with Gasteiger partial charge in [0.15, 0.2) is 0 Å². The second-order valence-electron chi connectivity index (χ2n) is 9.95. The highest BCUT2D eigenvalue weighted by Gasteiger charge is 2.31. The number of hydrogen-bond donors (Lipinski definition) is 0. The minimum atomic E-state index is -0.292. The zero-order valence-corrected chi connectivity index (χ0v) is 20.3. The first kappa shape index (κ1) is 23.6. The van der Waals surface area contributed by atoms with Gasteiger partial charge in [-0.05, 0) is 69.2 Å². The molecule has 188 valence electrons. The molecule has 3 aliphatic rings. The van der Waals surface area contributed by atoms with Gasteiger partial charge in [-0.2, -0.15) is 0 Å². The summed E-state index contributed by atoms with van der Waals surface area (Å²) >= 11 is 0. The van der Waals surface area contributed by atoms with Gasteiger partial charge in [0.25, 0.3) is 6.47 Å². The van der Waals surface area contributed by atoms with E-state index in [9.17, 15) is 9.59 Å². The van der Waals surface area contributed by atoms with Crippen LogP contribution in [0.25, 0.3) is 11.3 Å². The topological polar surface area (TPSA) is 95.8 Å². The fourth-order valence-electron chi connectivity index (χ4n) is 5.25. The summed E-state index contributed by atoms with van der Waals surface area (Å²) in [6, 6.07) is 8.39. The second kappa shape index (κ2) is 10.7. The van der Waals surface area contributed by atoms with E-state index in [0.717, 1.165) is 67.6 Å². The molecular weight excluding hydrogens is 448 g/mol. The molecule has 0 spiro atoms. The summed E-state index contributed by atoms with van der Waals surface area (Å²) < 4.78 is 18.9. The maximum absolute atomic E-state index is 12.7. The Hall–Kier alpha value is -3.10. The number of aromatic nitrogens is 3. The van der Waals surface area contributed by atoms with E-state index in [4.69, 9.17) is 14.2 Å². The molecule has 35 heavy (non-hydrogen) atoms. The van der Waals surface area contributed by atoms with Crippen molar-refractivity contribution in [1.29, 1.82) is 0 Å². The van der Waals surface area contributed by atoms with Crippen LogP contribution in [0.2, 0.25) is 0 Å². The minimum absolute atomic E-state index is 0.0297. The number of benzene rings is 1. The Kier molecular flexibility index (Phi) is 7.20. The van der Waals surface area contributed by atoms with Crippen molar-refractivity contribution < 1.29 is 23.8 Å². The molecule has 9 heteroatoms. The largest absolute Gasteiger partial charge is 0.490 e. The molecule has 5 rings (SSSR count). The van der Waals surface area contributed by atoms with Gasteiger partial charge < -0.3 is 19.1 Å². The third-order valence-corrected chi connectivity index (χ3v) is 7.43. The van der Waals surface area contributed by atoms with Crippen LogP contribution in [0.5, 0.6) is 5.75 Å². The number of hydrogen-bond acceptors (Lipinski definition) is 7. The standard InChI is InChI=1S/C26H34N4O5/c1-29(19-5-2-3-6-19)26(32)33-16-24-25(27-28-30(24)20-11-12-20)18-9-13-21(14-10-18)35-23-8-4-7-22(15-23)34-17-31/h9-10,13-14,17,19-20,22-23H,2-8,11-12,15-16H2,1H3/t22-,23-/m0/s1. The molecule has 9 nitrogen and oxygen atoms in total. The third-order valence-electron chi connectivity index (χ3n) is 7.43. The molecule has 0 bridgehead atoms. The fraction of sp³-hybridized carbons (Fsp3) is 0.615. The number of rotatable bonds is 9. The summed E-state index contributed by atoms with van der Waals surface area (Å²) in [4.78, 5) is 25.1. The molecule has 0 saturated heterocycles. The summed E-state index contributed by atoms with van der Waals surface area (Å²) in [5.74, 6) is 0.770. The zero-order valence-electron chi connectivity index (χ0n) is 20.3. The SMILES string of the molecule is CN(C(=O)OCc1c(-c2ccc(O[C@H]3CCC[C@H](OC=O)C3)cc2)nnn1C1CC1)C1CCCC1. The molecule has 3 saturated carbocycles. The molecule has 0 N–H and O–H groups in total. The molecule has 1 aromatic carbocycles. The maximum Gasteiger partial charge on any atom is 0.410 e. The molecular formula is C26H34N4O5. The van der Waals surface area contributed by atoms with E-state index in [1.165, 1.54) is 12.8 Å². The van der Waals surface area contributed by atoms with Crippen molar-refractivity contribution in [2.24, 2.45) is 0 Å². The van der Waals surface area contributed by atoms with Crippen molar-refractivity contribution in [2.75, 3.05) is 7.05 Å². The lowest BCUT2D eigenvalue weighted by atomic mass is 9.95. The van der Waals surface area contributed by atoms with E-state index in [-0.39, 0.29) is 30.9 Å². The van der Waals surface area contributed by atoms with E-state index in [1.807, 2.05) is 36.0 Å². The molecule has 0 radical (unpaired) electrons. The van der Waals surface area contributed by atoms with Crippen LogP contribution in [0.4, 0.5) is 4.79 Å². The van der Waals surface area contributed by atoms with Crippen LogP contribution in [0.3, 0.4) is 0 Å². The quantitative estimate of drug-likeness (QED) is 0.480. The van der Waals surface area contributed by atoms with Crippen molar-refractivity contribution in [3.63, 3.8) is 0 Å². The molecule has 2 aromatic rings. The molecule has 3 fully saturated rings. The number of ether oxygens (including phenoxy) is 3. The summed E-state index contributed by atoms with van der Waals surface area (Å²) in [6.45, 7) is 0.672. The lowest BCUT2D eigenvalue weighted by Gasteiger charge is -2.28. The van der Waals surface area contributed by atoms with Crippen molar-refractivity contribution in [2.45, 2.75) is 95.1 Å². The van der Waals surface area contributed by atoms with Crippen LogP contribution in [0.1, 0.15) is 75.9 Å². The van der Waals surface area contributed by atoms with Crippen molar-refractivity contribution in [3.8, 4) is 17.0 Å². The Morgan fingerprint density at radius 2 is 1.80 bits per heavy atom. The van der Waals surface area contributed by atoms with Gasteiger partial charge in [0.05, 0.1) is 6.04 Å². The average Bonchev–Trinajstić information content (AvgIpc) is 3.39. The van der Waals surface area contributed by atoms with E-state index >= 15 is 0 Å². The first-order valence-corrected chi connectivity index (χ1v) is 12.8. The van der Waals surface area contributed by atoms with Gasteiger partial charge in [-0.1, -0.05) is 18.1 Å². The van der Waals surface area contributed by atoms with Gasteiger partial charge >= 0.3 is 6.09 Å². The summed E-state index contributed by atoms with van der Waals surface area (Å²) in [5, 5.41) is 8.83. The predicted molar refractivity (Wildman–Crippen MR) is 128 cm³/mol. The van der Waals surface area contributed by atoms with Crippen LogP contribution < -0.4 is 4.74 Å². The molecule has 1 heterocycles. The summed E-state index contributed by atoms with van der Waals surface area (Å²) in [5.41, 5.74) is 2.47. The van der Waals surface area contributed by atoms with Gasteiger partial charge in [0.2, 0.25) is 0 Å². The molecule has 0 aliphatic heterocycles. The van der Waals surface area contributed by atoms with Crippen molar-refractivity contribution >= 4 is 12.6 Å². The van der Waals surface area contributed by atoms with E-state index in [0.29, 0.717) is 18.9 Å². The first-order chi connectivity index (χ1) is 17.1. The molecule has 3 aliphatic carbocycles. The molecule has 1 amide bonds. The van der Waals surface area contributed by atoms with Gasteiger partial charge in [0.1, 0.15) is 36.0 Å². The molecule has 2 atom stereocenters. The lowest BCUT2D eigenvalue weighted by molar-refractivity contribution is -0.136. The third kappa shape index (κ3) is 5.60. The maximum atomic E-state index is 12.7. The summed E-state index contributed by atoms with van der Waals surface area (Å²) in [6.07, 6.45) is 9.73. The van der Waals surface area contributed by atoms with Gasteiger partial charge in [-0.15, -0.1) is 5.10 Å². The zero-order chi connectivity index (χ0) is 24.2. The molecule has 0 unspecified atom stereocenters. The van der Waals surface area contributed by atoms with Crippen molar-refractivity contribution in [1.82, 2.24) is 19.9 Å². The van der Waals surface area contributed by atoms with Gasteiger partial charge in [0, 0.05) is 25.1 Å². The van der Waals surface area contributed by atoms with Crippen LogP contribution >= 0.6 is 0 Å². The Morgan fingerprint density at radius 3 is 2.51 bits per heavy atom. The smallest absolute Gasteiger partial charge is 0.410 e. The average molecular weight is 483 g/mol. The summed E-state index contributed by atoms with van der Waals surface area (Å²) in [7, 11) is 1.83. The minimum Gasteiger partial charge on any atom is -0.490 e. The fourth-order valence-corrected chi connectivity index (χ4v) is 5.25. The monoisotopic (exact) mass is 482 g/mol. The number of nitrogens with zero attached hydrogens (tertiary/aromatic N) is 4. The van der Waals surface area contributed by atoms with Crippen molar-refractivity contribution in [3.05, 3.63) is 30.0 Å². The Morgan fingerprint density at radius 1 is 1.06 bits per heavy atom. The van der Waals surface area contributed by atoms with Gasteiger partial charge in [-0.25, -0.2) is 9.48 Å². The Labute approximate surface area is 205 Å². The van der Waals surface area contributed by atoms with Crippen LogP contribution in [-0.4, -0.2) is 57.8 Å². The normalized spacial score (nSPS) is 22.5. The highest BCUT2D eigenvalue weighted by Crippen LogP contribution is 2.37. The van der Waals surface area contributed by atoms with Gasteiger partial charge in [-0.3, -0.25) is 4.79 Å². The van der Waals surface area contributed by atoms with Crippen LogP contribution in [0.15, 0.2) is 24.3 Å². The Balaban J connectivity index is 1.25. The van der Waals surface area contributed by atoms with E-state index in [2.05, 4.69) is 10.3 Å². The van der Waals surface area contributed by atoms with E-state index < -0.39 is 0 Å².